The van der Waals surface area contributed by atoms with Crippen molar-refractivity contribution in [3.8, 4) is 0 Å². The van der Waals surface area contributed by atoms with Crippen molar-refractivity contribution in [2.75, 3.05) is 19.6 Å². The molecule has 1 aliphatic rings. The van der Waals surface area contributed by atoms with Gasteiger partial charge >= 0.3 is 5.97 Å². The van der Waals surface area contributed by atoms with Crippen molar-refractivity contribution in [2.45, 2.75) is 39.7 Å². The third-order valence-electron chi connectivity index (χ3n) is 3.37. The highest BCUT2D eigenvalue weighted by Gasteiger charge is 2.32. The Morgan fingerprint density at radius 2 is 1.89 bits per heavy atom. The number of nitrogens with zero attached hydrogens (tertiary/aromatic N) is 1. The van der Waals surface area contributed by atoms with Crippen molar-refractivity contribution >= 4 is 17.7 Å². The maximum Gasteiger partial charge on any atom is 0.325 e. The molecule has 1 amide bonds. The molecule has 0 saturated carbocycles. The van der Waals surface area contributed by atoms with Crippen LogP contribution < -0.4 is 5.32 Å². The van der Waals surface area contributed by atoms with Gasteiger partial charge in [0.25, 0.3) is 0 Å². The molecule has 0 bridgehead atoms. The molecule has 1 atom stereocenters. The molecule has 1 fully saturated rings. The van der Waals surface area contributed by atoms with Gasteiger partial charge in [0, 0.05) is 32.5 Å². The van der Waals surface area contributed by atoms with Gasteiger partial charge in [-0.1, -0.05) is 0 Å². The predicted octanol–water partition coefficient (Wildman–Crippen LogP) is 0.267. The molecule has 1 saturated heterocycles. The first-order valence-corrected chi connectivity index (χ1v) is 6.50. The number of carbonyl (C=O) groups is 3. The average molecular weight is 270 g/mol. The van der Waals surface area contributed by atoms with Crippen LogP contribution in [-0.4, -0.2) is 53.3 Å². The van der Waals surface area contributed by atoms with Gasteiger partial charge in [-0.15, -0.1) is 0 Å². The molecule has 0 aromatic rings. The summed E-state index contributed by atoms with van der Waals surface area (Å²) in [4.78, 5) is 36.0. The van der Waals surface area contributed by atoms with E-state index >= 15 is 0 Å². The van der Waals surface area contributed by atoms with Gasteiger partial charge < -0.3 is 15.3 Å². The van der Waals surface area contributed by atoms with Gasteiger partial charge in [-0.05, 0) is 20.8 Å². The van der Waals surface area contributed by atoms with Crippen molar-refractivity contribution in [3.63, 3.8) is 0 Å². The zero-order chi connectivity index (χ0) is 14.6. The van der Waals surface area contributed by atoms with E-state index in [0.717, 1.165) is 0 Å². The number of likely N-dealkylation sites (tertiary alicyclic amines) is 1. The van der Waals surface area contributed by atoms with Gasteiger partial charge in [-0.25, -0.2) is 0 Å². The van der Waals surface area contributed by atoms with Crippen molar-refractivity contribution in [3.05, 3.63) is 0 Å². The van der Waals surface area contributed by atoms with Crippen molar-refractivity contribution in [2.24, 2.45) is 5.41 Å². The number of amides is 1. The molecule has 1 aliphatic heterocycles. The lowest BCUT2D eigenvalue weighted by Gasteiger charge is -2.33. The number of piperidine rings is 1. The van der Waals surface area contributed by atoms with E-state index in [9.17, 15) is 14.4 Å². The van der Waals surface area contributed by atoms with Gasteiger partial charge in [0.05, 0.1) is 5.41 Å². The van der Waals surface area contributed by atoms with Gasteiger partial charge in [-0.2, -0.15) is 0 Å². The number of carboxylic acid groups (broad SMARTS) is 1. The van der Waals surface area contributed by atoms with Crippen LogP contribution in [0.1, 0.15) is 33.6 Å². The summed E-state index contributed by atoms with van der Waals surface area (Å²) >= 11 is 0. The Morgan fingerprint density at radius 1 is 1.37 bits per heavy atom. The number of carboxylic acids is 1. The molecule has 6 heteroatoms. The maximum atomic E-state index is 12.0. The highest BCUT2D eigenvalue weighted by Crippen LogP contribution is 2.19. The van der Waals surface area contributed by atoms with Crippen LogP contribution in [0.3, 0.4) is 0 Å². The number of hydrogen-bond donors (Lipinski definition) is 2. The fourth-order valence-corrected chi connectivity index (χ4v) is 2.05. The molecular weight excluding hydrogens is 248 g/mol. The second-order valence-corrected chi connectivity index (χ2v) is 5.73. The standard InChI is InChI=1S/C13H22N2O4/c1-9(11(17)18)14-12(19)13(2,3)8-15-6-4-10(16)5-7-15/h9H,4-8H2,1-3H3,(H,14,19)(H,17,18). The number of Topliss-reactive ketones (excluding diaryl/α,β-unsaturated/α-hetero) is 1. The highest BCUT2D eigenvalue weighted by molar-refractivity contribution is 5.87. The fraction of sp³-hybridized carbons (Fsp3) is 0.769. The molecule has 0 aromatic heterocycles. The van der Waals surface area contributed by atoms with Crippen LogP contribution in [0, 0.1) is 5.41 Å². The highest BCUT2D eigenvalue weighted by atomic mass is 16.4. The van der Waals surface area contributed by atoms with Crippen LogP contribution >= 0.6 is 0 Å². The molecule has 108 valence electrons. The number of hydrogen-bond acceptors (Lipinski definition) is 4. The first-order valence-electron chi connectivity index (χ1n) is 6.50. The Morgan fingerprint density at radius 3 is 2.37 bits per heavy atom. The summed E-state index contributed by atoms with van der Waals surface area (Å²) in [5, 5.41) is 11.3. The van der Waals surface area contributed by atoms with Gasteiger partial charge in [0.15, 0.2) is 0 Å². The third-order valence-corrected chi connectivity index (χ3v) is 3.37. The molecule has 1 rings (SSSR count). The summed E-state index contributed by atoms with van der Waals surface area (Å²) < 4.78 is 0. The second kappa shape index (κ2) is 6.14. The molecule has 19 heavy (non-hydrogen) atoms. The van der Waals surface area contributed by atoms with Gasteiger partial charge in [0.2, 0.25) is 5.91 Å². The Bertz CT molecular complexity index is 369. The van der Waals surface area contributed by atoms with E-state index in [2.05, 4.69) is 10.2 Å². The molecule has 0 spiro atoms. The Balaban J connectivity index is 2.52. The van der Waals surface area contributed by atoms with Crippen LogP contribution in [0.5, 0.6) is 0 Å². The number of nitrogens with one attached hydrogen (secondary N) is 1. The van der Waals surface area contributed by atoms with Gasteiger partial charge in [-0.3, -0.25) is 14.4 Å². The Kier molecular flexibility index (Phi) is 5.05. The van der Waals surface area contributed by atoms with Gasteiger partial charge in [0.1, 0.15) is 11.8 Å². The van der Waals surface area contributed by atoms with E-state index in [-0.39, 0.29) is 11.7 Å². The Labute approximate surface area is 113 Å². The first kappa shape index (κ1) is 15.6. The Hall–Kier alpha value is -1.43. The fourth-order valence-electron chi connectivity index (χ4n) is 2.05. The summed E-state index contributed by atoms with van der Waals surface area (Å²) in [5.41, 5.74) is -0.676. The zero-order valence-corrected chi connectivity index (χ0v) is 11.7. The lowest BCUT2D eigenvalue weighted by Crippen LogP contribution is -2.50. The predicted molar refractivity (Wildman–Crippen MR) is 69.7 cm³/mol. The number of aliphatic carboxylic acids is 1. The largest absolute Gasteiger partial charge is 0.480 e. The maximum absolute atomic E-state index is 12.0. The monoisotopic (exact) mass is 270 g/mol. The molecule has 0 aromatic carbocycles. The van der Waals surface area contributed by atoms with E-state index in [1.165, 1.54) is 6.92 Å². The van der Waals surface area contributed by atoms with E-state index in [1.54, 1.807) is 13.8 Å². The van der Waals surface area contributed by atoms with Crippen LogP contribution in [0.4, 0.5) is 0 Å². The molecule has 0 aliphatic carbocycles. The van der Waals surface area contributed by atoms with Crippen molar-refractivity contribution < 1.29 is 19.5 Å². The minimum atomic E-state index is -1.05. The number of ketones is 1. The number of rotatable bonds is 5. The molecule has 0 radical (unpaired) electrons. The lowest BCUT2D eigenvalue weighted by molar-refractivity contribution is -0.143. The minimum Gasteiger partial charge on any atom is -0.480 e. The van der Waals surface area contributed by atoms with E-state index in [4.69, 9.17) is 5.11 Å². The molecule has 2 N–H and O–H groups in total. The summed E-state index contributed by atoms with van der Waals surface area (Å²) in [6.45, 7) is 6.88. The number of carbonyl (C=O) groups excluding carboxylic acids is 2. The SMILES string of the molecule is CC(NC(=O)C(C)(C)CN1CCC(=O)CC1)C(=O)O. The molecule has 1 heterocycles. The second-order valence-electron chi connectivity index (χ2n) is 5.73. The van der Waals surface area contributed by atoms with E-state index < -0.39 is 17.4 Å². The van der Waals surface area contributed by atoms with E-state index in [0.29, 0.717) is 32.5 Å². The third kappa shape index (κ3) is 4.63. The molecule has 1 unspecified atom stereocenters. The van der Waals surface area contributed by atoms with Crippen LogP contribution in [0.15, 0.2) is 0 Å². The van der Waals surface area contributed by atoms with Crippen molar-refractivity contribution in [1.29, 1.82) is 0 Å². The van der Waals surface area contributed by atoms with Crippen LogP contribution in [0.2, 0.25) is 0 Å². The summed E-state index contributed by atoms with van der Waals surface area (Å²) in [5.74, 6) is -1.06. The first-order chi connectivity index (χ1) is 8.72. The quantitative estimate of drug-likeness (QED) is 0.748. The zero-order valence-electron chi connectivity index (χ0n) is 11.7. The molecular formula is C13H22N2O4. The van der Waals surface area contributed by atoms with Crippen LogP contribution in [-0.2, 0) is 14.4 Å². The summed E-state index contributed by atoms with van der Waals surface area (Å²) in [7, 11) is 0. The minimum absolute atomic E-state index is 0.262. The summed E-state index contributed by atoms with van der Waals surface area (Å²) in [6, 6.07) is -0.894. The summed E-state index contributed by atoms with van der Waals surface area (Å²) in [6.07, 6.45) is 1.06. The smallest absolute Gasteiger partial charge is 0.325 e. The van der Waals surface area contributed by atoms with Crippen molar-refractivity contribution in [1.82, 2.24) is 10.2 Å². The van der Waals surface area contributed by atoms with E-state index in [1.807, 2.05) is 0 Å². The average Bonchev–Trinajstić information content (AvgIpc) is 2.31. The lowest BCUT2D eigenvalue weighted by atomic mass is 9.90. The topological polar surface area (TPSA) is 86.7 Å². The molecule has 6 nitrogen and oxygen atoms in total. The normalized spacial score (nSPS) is 19.0. The van der Waals surface area contributed by atoms with Crippen LogP contribution in [0.25, 0.3) is 0 Å².